The second-order valence-corrected chi connectivity index (χ2v) is 6.78. The number of guanidine groups is 1. The van der Waals surface area contributed by atoms with Crippen LogP contribution < -0.4 is 11.1 Å². The molecule has 1 aromatic rings. The Morgan fingerprint density at radius 2 is 1.88 bits per heavy atom. The maximum atomic E-state index is 12.4. The van der Waals surface area contributed by atoms with Crippen molar-refractivity contribution in [3.63, 3.8) is 0 Å². The Kier molecular flexibility index (Phi) is 5.53. The molecule has 2 heterocycles. The molecule has 0 spiro atoms. The lowest BCUT2D eigenvalue weighted by molar-refractivity contribution is -0.118. The Balaban J connectivity index is 1.74. The van der Waals surface area contributed by atoms with Crippen molar-refractivity contribution in [2.24, 2.45) is 21.6 Å². The number of benzene rings is 1. The van der Waals surface area contributed by atoms with Crippen LogP contribution >= 0.6 is 35.4 Å². The van der Waals surface area contributed by atoms with Crippen LogP contribution in [0.5, 0.6) is 0 Å². The Morgan fingerprint density at radius 1 is 1.24 bits per heavy atom. The molecule has 1 aromatic carbocycles. The Bertz CT molecular complexity index is 757. The number of hydrogen-bond acceptors (Lipinski definition) is 6. The number of halogens is 2. The van der Waals surface area contributed by atoms with Gasteiger partial charge >= 0.3 is 0 Å². The number of ether oxygens (including phenoxy) is 1. The maximum absolute atomic E-state index is 12.4. The predicted octanol–water partition coefficient (Wildman–Crippen LogP) is 1.93. The third-order valence-corrected chi connectivity index (χ3v) is 4.44. The molecule has 3 rings (SSSR count). The summed E-state index contributed by atoms with van der Waals surface area (Å²) >= 11 is 17.2. The molecule has 0 saturated carbocycles. The first kappa shape index (κ1) is 18.1. The molecule has 1 atom stereocenters. The minimum atomic E-state index is -0.919. The van der Waals surface area contributed by atoms with Gasteiger partial charge in [-0.15, -0.1) is 0 Å². The van der Waals surface area contributed by atoms with E-state index in [9.17, 15) is 4.79 Å². The third kappa shape index (κ3) is 4.27. The average Bonchev–Trinajstić information content (AvgIpc) is 2.54. The molecule has 2 aliphatic heterocycles. The minimum absolute atomic E-state index is 0.104. The second-order valence-electron chi connectivity index (χ2n) is 5.47. The lowest BCUT2D eigenvalue weighted by atomic mass is 10.1. The van der Waals surface area contributed by atoms with E-state index in [1.165, 1.54) is 0 Å². The van der Waals surface area contributed by atoms with E-state index in [1.807, 2.05) is 4.90 Å². The molecule has 1 fully saturated rings. The highest BCUT2D eigenvalue weighted by Gasteiger charge is 2.33. The summed E-state index contributed by atoms with van der Waals surface area (Å²) in [5.74, 6) is -0.972. The van der Waals surface area contributed by atoms with Crippen LogP contribution in [0.25, 0.3) is 0 Å². The smallest absolute Gasteiger partial charge is 0.266 e. The van der Waals surface area contributed by atoms with Crippen LogP contribution in [-0.4, -0.2) is 53.9 Å². The zero-order chi connectivity index (χ0) is 18.0. The van der Waals surface area contributed by atoms with Gasteiger partial charge in [0.15, 0.2) is 0 Å². The fourth-order valence-corrected chi connectivity index (χ4v) is 3.35. The summed E-state index contributed by atoms with van der Waals surface area (Å²) in [4.78, 5) is 22.8. The van der Waals surface area contributed by atoms with E-state index in [2.05, 4.69) is 15.3 Å². The number of nitrogens with zero attached hydrogens (tertiary/aromatic N) is 3. The summed E-state index contributed by atoms with van der Waals surface area (Å²) in [6, 6.07) is 4.88. The highest BCUT2D eigenvalue weighted by Crippen LogP contribution is 2.23. The maximum Gasteiger partial charge on any atom is 0.266 e. The zero-order valence-corrected chi connectivity index (χ0v) is 15.4. The number of carbonyl (C=O) groups is 1. The first-order valence-electron chi connectivity index (χ1n) is 7.50. The van der Waals surface area contributed by atoms with Gasteiger partial charge in [-0.25, -0.2) is 0 Å². The summed E-state index contributed by atoms with van der Waals surface area (Å²) in [6.07, 6.45) is 0. The van der Waals surface area contributed by atoms with Crippen molar-refractivity contribution >= 4 is 63.8 Å². The van der Waals surface area contributed by atoms with Gasteiger partial charge in [-0.3, -0.25) is 4.79 Å². The standard InChI is InChI=1S/C15H15Cl2N5O2S/c16-8-5-9(17)7-10(6-8)19-14(25)11-12(18)20-15(21-13(11)23)22-1-3-24-4-2-22/h5-7,11H,1-4H2,(H,19,25)(H2,18,20,21,23). The largest absolute Gasteiger partial charge is 0.386 e. The molecule has 1 unspecified atom stereocenters. The lowest BCUT2D eigenvalue weighted by Gasteiger charge is -2.30. The van der Waals surface area contributed by atoms with Gasteiger partial charge in [0.25, 0.3) is 5.91 Å². The number of carbonyl (C=O) groups excluding carboxylic acids is 1. The van der Waals surface area contributed by atoms with Gasteiger partial charge in [0, 0.05) is 28.8 Å². The van der Waals surface area contributed by atoms with E-state index in [0.717, 1.165) is 0 Å². The topological polar surface area (TPSA) is 92.3 Å². The van der Waals surface area contributed by atoms with Gasteiger partial charge < -0.3 is 20.7 Å². The third-order valence-electron chi connectivity index (χ3n) is 3.67. The van der Waals surface area contributed by atoms with Gasteiger partial charge in [-0.05, 0) is 18.2 Å². The predicted molar refractivity (Wildman–Crippen MR) is 103 cm³/mol. The number of nitrogens with one attached hydrogen (secondary N) is 1. The van der Waals surface area contributed by atoms with Crippen LogP contribution in [0.2, 0.25) is 10.0 Å². The minimum Gasteiger partial charge on any atom is -0.386 e. The van der Waals surface area contributed by atoms with Gasteiger partial charge in [0.2, 0.25) is 5.96 Å². The van der Waals surface area contributed by atoms with Crippen LogP contribution in [0.4, 0.5) is 5.69 Å². The van der Waals surface area contributed by atoms with Crippen LogP contribution in [0, 0.1) is 5.92 Å². The fraction of sp³-hybridized carbons (Fsp3) is 0.333. The van der Waals surface area contributed by atoms with Crippen molar-refractivity contribution in [1.29, 1.82) is 0 Å². The molecule has 1 saturated heterocycles. The second kappa shape index (κ2) is 7.65. The molecule has 1 amide bonds. The summed E-state index contributed by atoms with van der Waals surface area (Å²) in [5.41, 5.74) is 6.55. The monoisotopic (exact) mass is 399 g/mol. The van der Waals surface area contributed by atoms with Crippen molar-refractivity contribution in [1.82, 2.24) is 4.90 Å². The Hall–Kier alpha value is -1.74. The lowest BCUT2D eigenvalue weighted by Crippen LogP contribution is -2.47. The van der Waals surface area contributed by atoms with Crippen molar-refractivity contribution in [3.05, 3.63) is 28.2 Å². The van der Waals surface area contributed by atoms with Crippen molar-refractivity contribution in [2.75, 3.05) is 31.6 Å². The molecule has 0 radical (unpaired) electrons. The van der Waals surface area contributed by atoms with Gasteiger partial charge in [0.05, 0.1) is 13.2 Å². The molecule has 0 bridgehead atoms. The van der Waals surface area contributed by atoms with Crippen LogP contribution in [-0.2, 0) is 9.53 Å². The van der Waals surface area contributed by atoms with E-state index < -0.39 is 11.8 Å². The molecule has 10 heteroatoms. The van der Waals surface area contributed by atoms with E-state index in [4.69, 9.17) is 45.9 Å². The number of amides is 1. The fourth-order valence-electron chi connectivity index (χ4n) is 2.49. The van der Waals surface area contributed by atoms with Crippen LogP contribution in [0.3, 0.4) is 0 Å². The van der Waals surface area contributed by atoms with Gasteiger partial charge in [-0.2, -0.15) is 9.98 Å². The van der Waals surface area contributed by atoms with Gasteiger partial charge in [0.1, 0.15) is 16.7 Å². The number of nitrogens with two attached hydrogens (primary N) is 1. The van der Waals surface area contributed by atoms with Crippen LogP contribution in [0.15, 0.2) is 28.2 Å². The van der Waals surface area contributed by atoms with Crippen molar-refractivity contribution in [2.45, 2.75) is 0 Å². The number of anilines is 1. The number of morpholine rings is 1. The molecular weight excluding hydrogens is 385 g/mol. The molecule has 2 aliphatic rings. The van der Waals surface area contributed by atoms with Crippen molar-refractivity contribution < 1.29 is 9.53 Å². The molecule has 3 N–H and O–H groups in total. The Morgan fingerprint density at radius 3 is 2.48 bits per heavy atom. The van der Waals surface area contributed by atoms with Crippen molar-refractivity contribution in [3.8, 4) is 0 Å². The van der Waals surface area contributed by atoms with Crippen LogP contribution in [0.1, 0.15) is 0 Å². The normalized spacial score (nSPS) is 20.8. The summed E-state index contributed by atoms with van der Waals surface area (Å²) in [6.45, 7) is 2.33. The highest BCUT2D eigenvalue weighted by atomic mass is 35.5. The highest BCUT2D eigenvalue weighted by molar-refractivity contribution is 7.80. The number of amidine groups is 1. The molecule has 132 valence electrons. The molecule has 0 aromatic heterocycles. The summed E-state index contributed by atoms with van der Waals surface area (Å²) < 4.78 is 5.28. The number of rotatable bonds is 2. The molecule has 25 heavy (non-hydrogen) atoms. The van der Waals surface area contributed by atoms with E-state index in [1.54, 1.807) is 18.2 Å². The zero-order valence-electron chi connectivity index (χ0n) is 13.0. The van der Waals surface area contributed by atoms with E-state index in [0.29, 0.717) is 48.0 Å². The first-order valence-corrected chi connectivity index (χ1v) is 8.66. The Labute approximate surface area is 159 Å². The molecule has 7 nitrogen and oxygen atoms in total. The van der Waals surface area contributed by atoms with E-state index >= 15 is 0 Å². The molecular formula is C15H15Cl2N5O2S. The van der Waals surface area contributed by atoms with E-state index in [-0.39, 0.29) is 10.8 Å². The number of thiocarbonyl (C=S) groups is 1. The molecule has 0 aliphatic carbocycles. The van der Waals surface area contributed by atoms with Gasteiger partial charge in [-0.1, -0.05) is 35.4 Å². The average molecular weight is 400 g/mol. The summed E-state index contributed by atoms with van der Waals surface area (Å²) in [5, 5.41) is 3.82. The number of hydrogen-bond donors (Lipinski definition) is 2. The summed E-state index contributed by atoms with van der Waals surface area (Å²) in [7, 11) is 0. The number of aliphatic imine (C=N–C) groups is 2. The quantitative estimate of drug-likeness (QED) is 0.738. The first-order chi connectivity index (χ1) is 11.9. The SMILES string of the molecule is NC1=NC(N2CCOCC2)=NC(=O)C1C(=S)Nc1cc(Cl)cc(Cl)c1.